The lowest BCUT2D eigenvalue weighted by atomic mass is 9.96. The Balaban J connectivity index is 2.59. The van der Waals surface area contributed by atoms with E-state index in [1.165, 1.54) is 18.0 Å². The maximum Gasteiger partial charge on any atom is 0.153 e. The first-order chi connectivity index (χ1) is 6.15. The molecule has 3 nitrogen and oxygen atoms in total. The van der Waals surface area contributed by atoms with Gasteiger partial charge in [0, 0.05) is 29.5 Å². The zero-order valence-corrected chi connectivity index (χ0v) is 9.08. The lowest BCUT2D eigenvalue weighted by Gasteiger charge is -2.33. The molecule has 0 bridgehead atoms. The van der Waals surface area contributed by atoms with Crippen LogP contribution < -0.4 is 5.32 Å². The maximum atomic E-state index is 7.46. The Morgan fingerprint density at radius 2 is 2.54 bits per heavy atom. The van der Waals surface area contributed by atoms with Crippen molar-refractivity contribution in [3.8, 4) is 0 Å². The first kappa shape index (κ1) is 10.9. The fourth-order valence-corrected chi connectivity index (χ4v) is 2.91. The van der Waals surface area contributed by atoms with Crippen LogP contribution in [0.2, 0.25) is 0 Å². The summed E-state index contributed by atoms with van der Waals surface area (Å²) in [7, 11) is 0. The SMILES string of the molecule is CC(Cl)[C@@H]1CSC(=N)N[C@@H]1CC=N. The van der Waals surface area contributed by atoms with Crippen molar-refractivity contribution in [2.24, 2.45) is 5.92 Å². The van der Waals surface area contributed by atoms with E-state index in [2.05, 4.69) is 5.32 Å². The van der Waals surface area contributed by atoms with E-state index >= 15 is 0 Å². The second-order valence-corrected chi connectivity index (χ2v) is 4.89. The quantitative estimate of drug-likeness (QED) is 0.502. The van der Waals surface area contributed by atoms with Gasteiger partial charge in [-0.2, -0.15) is 0 Å². The number of rotatable bonds is 3. The molecule has 1 heterocycles. The van der Waals surface area contributed by atoms with Crippen LogP contribution in [0.25, 0.3) is 0 Å². The van der Waals surface area contributed by atoms with Gasteiger partial charge in [0.05, 0.1) is 0 Å². The number of halogens is 1. The Labute approximate surface area is 87.6 Å². The summed E-state index contributed by atoms with van der Waals surface area (Å²) in [5.41, 5.74) is 0. The number of nitrogens with one attached hydrogen (secondary N) is 3. The monoisotopic (exact) mass is 219 g/mol. The number of alkyl halides is 1. The van der Waals surface area contributed by atoms with Crippen molar-refractivity contribution in [2.75, 3.05) is 5.75 Å². The van der Waals surface area contributed by atoms with Crippen LogP contribution in [0.3, 0.4) is 0 Å². The number of hydrogen-bond acceptors (Lipinski definition) is 3. The summed E-state index contributed by atoms with van der Waals surface area (Å²) in [4.78, 5) is 0. The molecule has 0 aromatic carbocycles. The third-order valence-electron chi connectivity index (χ3n) is 2.22. The molecular formula is C8H14ClN3S. The lowest BCUT2D eigenvalue weighted by Crippen LogP contribution is -2.47. The van der Waals surface area contributed by atoms with Crippen LogP contribution in [0.5, 0.6) is 0 Å². The molecule has 0 aromatic heterocycles. The minimum atomic E-state index is 0.0954. The second-order valence-electron chi connectivity index (χ2n) is 3.17. The Morgan fingerprint density at radius 1 is 1.85 bits per heavy atom. The molecule has 3 atom stereocenters. The van der Waals surface area contributed by atoms with E-state index in [0.717, 1.165) is 5.75 Å². The number of amidine groups is 1. The normalized spacial score (nSPS) is 30.8. The maximum absolute atomic E-state index is 7.46. The molecule has 5 heteroatoms. The van der Waals surface area contributed by atoms with Crippen LogP contribution in [-0.4, -0.2) is 28.6 Å². The molecule has 0 saturated carbocycles. The summed E-state index contributed by atoms with van der Waals surface area (Å²) in [6.07, 6.45) is 2.04. The molecule has 3 N–H and O–H groups in total. The first-order valence-corrected chi connectivity index (χ1v) is 5.68. The minimum absolute atomic E-state index is 0.0954. The van der Waals surface area contributed by atoms with Gasteiger partial charge >= 0.3 is 0 Å². The zero-order chi connectivity index (χ0) is 9.84. The first-order valence-electron chi connectivity index (χ1n) is 4.26. The molecule has 1 unspecified atom stereocenters. The van der Waals surface area contributed by atoms with Crippen molar-refractivity contribution < 1.29 is 0 Å². The Bertz CT molecular complexity index is 208. The molecule has 1 saturated heterocycles. The smallest absolute Gasteiger partial charge is 0.153 e. The van der Waals surface area contributed by atoms with Gasteiger partial charge in [-0.15, -0.1) is 11.6 Å². The molecule has 1 aliphatic rings. The van der Waals surface area contributed by atoms with Crippen molar-refractivity contribution >= 4 is 34.7 Å². The fraction of sp³-hybridized carbons (Fsp3) is 0.750. The van der Waals surface area contributed by atoms with E-state index in [-0.39, 0.29) is 11.4 Å². The molecule has 1 rings (SSSR count). The molecule has 1 fully saturated rings. The highest BCUT2D eigenvalue weighted by molar-refractivity contribution is 8.13. The average Bonchev–Trinajstić information content (AvgIpc) is 2.04. The summed E-state index contributed by atoms with van der Waals surface area (Å²) in [5, 5.41) is 18.2. The summed E-state index contributed by atoms with van der Waals surface area (Å²) in [6, 6.07) is 0.166. The molecular weight excluding hydrogens is 206 g/mol. The average molecular weight is 220 g/mol. The largest absolute Gasteiger partial charge is 0.362 e. The highest BCUT2D eigenvalue weighted by atomic mass is 35.5. The van der Waals surface area contributed by atoms with Crippen LogP contribution in [-0.2, 0) is 0 Å². The van der Waals surface area contributed by atoms with Crippen LogP contribution in [0.15, 0.2) is 0 Å². The van der Waals surface area contributed by atoms with Crippen molar-refractivity contribution in [1.82, 2.24) is 5.32 Å². The van der Waals surface area contributed by atoms with Gasteiger partial charge < -0.3 is 10.7 Å². The van der Waals surface area contributed by atoms with Gasteiger partial charge in [0.25, 0.3) is 0 Å². The van der Waals surface area contributed by atoms with Gasteiger partial charge in [-0.1, -0.05) is 11.8 Å². The summed E-state index contributed by atoms with van der Waals surface area (Å²) < 4.78 is 0. The predicted molar refractivity (Wildman–Crippen MR) is 59.3 cm³/mol. The molecule has 0 spiro atoms. The summed E-state index contributed by atoms with van der Waals surface area (Å²) in [6.45, 7) is 1.97. The molecule has 0 aliphatic carbocycles. The molecule has 0 amide bonds. The molecule has 0 aromatic rings. The summed E-state index contributed by atoms with van der Waals surface area (Å²) >= 11 is 7.53. The van der Waals surface area contributed by atoms with Crippen LogP contribution in [0, 0.1) is 16.7 Å². The van der Waals surface area contributed by atoms with E-state index in [0.29, 0.717) is 17.5 Å². The third kappa shape index (κ3) is 2.88. The molecule has 0 radical (unpaired) electrons. The van der Waals surface area contributed by atoms with E-state index in [1.807, 2.05) is 6.92 Å². The topological polar surface area (TPSA) is 59.7 Å². The standard InChI is InChI=1S/C8H14ClN3S/c1-5(9)6-4-13-8(11)12-7(6)2-3-10/h3,5-7,10H,2,4H2,1H3,(H2,11,12)/t5?,6-,7+/m0/s1. The van der Waals surface area contributed by atoms with Crippen molar-refractivity contribution in [1.29, 1.82) is 10.8 Å². The van der Waals surface area contributed by atoms with Crippen LogP contribution in [0.4, 0.5) is 0 Å². The van der Waals surface area contributed by atoms with Gasteiger partial charge in [0.2, 0.25) is 0 Å². The van der Waals surface area contributed by atoms with Crippen LogP contribution in [0.1, 0.15) is 13.3 Å². The van der Waals surface area contributed by atoms with Crippen LogP contribution >= 0.6 is 23.4 Å². The summed E-state index contributed by atoms with van der Waals surface area (Å²) in [5.74, 6) is 1.23. The number of hydrogen-bond donors (Lipinski definition) is 3. The molecule has 13 heavy (non-hydrogen) atoms. The fourth-order valence-electron chi connectivity index (χ4n) is 1.43. The minimum Gasteiger partial charge on any atom is -0.362 e. The van der Waals surface area contributed by atoms with Crippen molar-refractivity contribution in [3.63, 3.8) is 0 Å². The Morgan fingerprint density at radius 3 is 3.08 bits per heavy atom. The predicted octanol–water partition coefficient (Wildman–Crippen LogP) is 1.91. The lowest BCUT2D eigenvalue weighted by molar-refractivity contribution is 0.429. The Hall–Kier alpha value is -0.220. The van der Waals surface area contributed by atoms with Gasteiger partial charge in [-0.25, -0.2) is 0 Å². The molecule has 1 aliphatic heterocycles. The van der Waals surface area contributed by atoms with E-state index in [1.54, 1.807) is 0 Å². The van der Waals surface area contributed by atoms with Crippen molar-refractivity contribution in [2.45, 2.75) is 24.8 Å². The second kappa shape index (κ2) is 4.86. The van der Waals surface area contributed by atoms with Gasteiger partial charge in [0.15, 0.2) is 5.17 Å². The van der Waals surface area contributed by atoms with E-state index in [9.17, 15) is 0 Å². The van der Waals surface area contributed by atoms with Gasteiger partial charge in [-0.3, -0.25) is 5.41 Å². The zero-order valence-electron chi connectivity index (χ0n) is 7.51. The molecule has 74 valence electrons. The number of thioether (sulfide) groups is 1. The van der Waals surface area contributed by atoms with Crippen molar-refractivity contribution in [3.05, 3.63) is 0 Å². The van der Waals surface area contributed by atoms with Gasteiger partial charge in [-0.05, 0) is 13.1 Å². The third-order valence-corrected chi connectivity index (χ3v) is 3.50. The van der Waals surface area contributed by atoms with Gasteiger partial charge in [0.1, 0.15) is 0 Å². The van der Waals surface area contributed by atoms with E-state index in [4.69, 9.17) is 22.4 Å². The highest BCUT2D eigenvalue weighted by Gasteiger charge is 2.30. The highest BCUT2D eigenvalue weighted by Crippen LogP contribution is 2.26. The van der Waals surface area contributed by atoms with E-state index < -0.39 is 0 Å². The Kier molecular flexibility index (Phi) is 4.06.